The minimum Gasteiger partial charge on any atom is -0.461 e. The second kappa shape index (κ2) is 6.64. The van der Waals surface area contributed by atoms with Crippen molar-refractivity contribution >= 4 is 11.9 Å². The molecule has 3 aliphatic rings. The molecule has 26 heavy (non-hydrogen) atoms. The molecule has 3 heterocycles. The van der Waals surface area contributed by atoms with Gasteiger partial charge < -0.3 is 18.9 Å². The summed E-state index contributed by atoms with van der Waals surface area (Å²) in [5.74, 6) is -1.95. The van der Waals surface area contributed by atoms with Crippen LogP contribution in [0.3, 0.4) is 0 Å². The highest BCUT2D eigenvalue weighted by molar-refractivity contribution is 5.91. The molecule has 0 aromatic carbocycles. The summed E-state index contributed by atoms with van der Waals surface area (Å²) in [6.45, 7) is 11.6. The van der Waals surface area contributed by atoms with E-state index in [0.717, 1.165) is 12.8 Å². The first kappa shape index (κ1) is 19.4. The lowest BCUT2D eigenvalue weighted by atomic mass is 9.78. The topological polar surface area (TPSA) is 71.1 Å². The number of carbonyl (C=O) groups is 2. The summed E-state index contributed by atoms with van der Waals surface area (Å²) in [5.41, 5.74) is -0.107. The molecule has 0 aromatic rings. The molecule has 0 amide bonds. The molecule has 1 unspecified atom stereocenters. The molecule has 6 nitrogen and oxygen atoms in total. The van der Waals surface area contributed by atoms with Crippen LogP contribution in [0.25, 0.3) is 0 Å². The number of rotatable bonds is 3. The maximum Gasteiger partial charge on any atom is 0.334 e. The molecule has 3 rings (SSSR count). The lowest BCUT2D eigenvalue weighted by molar-refractivity contribution is -0.265. The Labute approximate surface area is 155 Å². The van der Waals surface area contributed by atoms with Crippen LogP contribution in [0, 0.1) is 17.8 Å². The summed E-state index contributed by atoms with van der Waals surface area (Å²) in [6.07, 6.45) is 1.75. The van der Waals surface area contributed by atoms with Crippen LogP contribution in [-0.4, -0.2) is 42.6 Å². The lowest BCUT2D eigenvalue weighted by Crippen LogP contribution is -2.42. The lowest BCUT2D eigenvalue weighted by Gasteiger charge is -2.36. The summed E-state index contributed by atoms with van der Waals surface area (Å²) in [5, 5.41) is 0. The summed E-state index contributed by atoms with van der Waals surface area (Å²) in [6, 6.07) is 0. The van der Waals surface area contributed by atoms with Gasteiger partial charge in [-0.3, -0.25) is 4.79 Å². The van der Waals surface area contributed by atoms with E-state index in [4.69, 9.17) is 18.9 Å². The number of hydrogen-bond acceptors (Lipinski definition) is 6. The Morgan fingerprint density at radius 1 is 1.35 bits per heavy atom. The minimum atomic E-state index is -0.702. The number of methoxy groups -OCH3 is 1. The zero-order valence-corrected chi connectivity index (χ0v) is 16.4. The average molecular weight is 366 g/mol. The van der Waals surface area contributed by atoms with Gasteiger partial charge in [-0.1, -0.05) is 27.4 Å². The third kappa shape index (κ3) is 3.18. The van der Waals surface area contributed by atoms with E-state index in [0.29, 0.717) is 18.4 Å². The first-order valence-electron chi connectivity index (χ1n) is 9.46. The Balaban J connectivity index is 1.99. The molecule has 0 spiro atoms. The van der Waals surface area contributed by atoms with Gasteiger partial charge in [0.25, 0.3) is 0 Å². The van der Waals surface area contributed by atoms with Gasteiger partial charge in [0.1, 0.15) is 12.2 Å². The van der Waals surface area contributed by atoms with E-state index in [-0.39, 0.29) is 29.8 Å². The molecule has 3 fully saturated rings. The van der Waals surface area contributed by atoms with Crippen LogP contribution in [0.15, 0.2) is 12.2 Å². The summed E-state index contributed by atoms with van der Waals surface area (Å²) in [4.78, 5) is 24.5. The van der Waals surface area contributed by atoms with Crippen molar-refractivity contribution in [2.45, 2.75) is 77.0 Å². The second-order valence-electron chi connectivity index (χ2n) is 8.53. The molecule has 0 N–H and O–H groups in total. The minimum absolute atomic E-state index is 0.0278. The van der Waals surface area contributed by atoms with Crippen molar-refractivity contribution in [3.63, 3.8) is 0 Å². The SMILES string of the molecule is C=C1C(=O)O[C@@H]2C[C@H](C)[C@]3(OC)CCC(C)(C[C@@H](OC(=O)C(C)C)[C@@H]12)O3. The molecule has 0 aromatic heterocycles. The second-order valence-corrected chi connectivity index (χ2v) is 8.53. The highest BCUT2D eigenvalue weighted by Crippen LogP contribution is 2.51. The third-order valence-electron chi connectivity index (χ3n) is 6.20. The Bertz CT molecular complexity index is 613. The maximum atomic E-state index is 12.3. The van der Waals surface area contributed by atoms with Gasteiger partial charge >= 0.3 is 11.9 Å². The van der Waals surface area contributed by atoms with E-state index in [1.807, 2.05) is 6.92 Å². The van der Waals surface area contributed by atoms with Gasteiger partial charge in [0.15, 0.2) is 5.79 Å². The van der Waals surface area contributed by atoms with Crippen LogP contribution in [0.4, 0.5) is 0 Å². The van der Waals surface area contributed by atoms with Gasteiger partial charge in [-0.15, -0.1) is 0 Å². The molecule has 6 atom stereocenters. The monoisotopic (exact) mass is 366 g/mol. The molecule has 2 bridgehead atoms. The van der Waals surface area contributed by atoms with E-state index in [1.165, 1.54) is 0 Å². The largest absolute Gasteiger partial charge is 0.461 e. The molecule has 0 saturated carbocycles. The fourth-order valence-corrected chi connectivity index (χ4v) is 4.58. The van der Waals surface area contributed by atoms with E-state index >= 15 is 0 Å². The van der Waals surface area contributed by atoms with Gasteiger partial charge in [-0.05, 0) is 19.8 Å². The van der Waals surface area contributed by atoms with Crippen molar-refractivity contribution < 1.29 is 28.5 Å². The van der Waals surface area contributed by atoms with Crippen LogP contribution < -0.4 is 0 Å². The molecular weight excluding hydrogens is 336 g/mol. The molecule has 146 valence electrons. The van der Waals surface area contributed by atoms with Crippen molar-refractivity contribution in [3.05, 3.63) is 12.2 Å². The van der Waals surface area contributed by atoms with Crippen LogP contribution in [-0.2, 0) is 28.5 Å². The number of ether oxygens (including phenoxy) is 4. The summed E-state index contributed by atoms with van der Waals surface area (Å²) >= 11 is 0. The highest BCUT2D eigenvalue weighted by atomic mass is 16.7. The van der Waals surface area contributed by atoms with Crippen molar-refractivity contribution in [3.8, 4) is 0 Å². The quantitative estimate of drug-likeness (QED) is 0.565. The van der Waals surface area contributed by atoms with Crippen molar-refractivity contribution in [2.75, 3.05) is 7.11 Å². The van der Waals surface area contributed by atoms with Gasteiger partial charge in [0.2, 0.25) is 0 Å². The number of carbonyl (C=O) groups excluding carboxylic acids is 2. The Kier molecular flexibility index (Phi) is 4.95. The normalized spacial score (nSPS) is 42.7. The van der Waals surface area contributed by atoms with E-state index in [9.17, 15) is 9.59 Å². The highest BCUT2D eigenvalue weighted by Gasteiger charge is 2.57. The number of fused-ring (bicyclic) bond motifs is 3. The van der Waals surface area contributed by atoms with Crippen LogP contribution in [0.5, 0.6) is 0 Å². The molecule has 6 heteroatoms. The van der Waals surface area contributed by atoms with Crippen LogP contribution >= 0.6 is 0 Å². The fraction of sp³-hybridized carbons (Fsp3) is 0.800. The number of hydrogen-bond donors (Lipinski definition) is 0. The van der Waals surface area contributed by atoms with Gasteiger partial charge in [0, 0.05) is 31.4 Å². The Morgan fingerprint density at radius 2 is 2.04 bits per heavy atom. The van der Waals surface area contributed by atoms with E-state index < -0.39 is 23.5 Å². The summed E-state index contributed by atoms with van der Waals surface area (Å²) in [7, 11) is 1.66. The summed E-state index contributed by atoms with van der Waals surface area (Å²) < 4.78 is 23.7. The average Bonchev–Trinajstić information content (AvgIpc) is 3.05. The smallest absolute Gasteiger partial charge is 0.334 e. The predicted molar refractivity (Wildman–Crippen MR) is 94.1 cm³/mol. The Morgan fingerprint density at radius 3 is 2.65 bits per heavy atom. The van der Waals surface area contributed by atoms with Gasteiger partial charge in [-0.25, -0.2) is 4.79 Å². The van der Waals surface area contributed by atoms with Crippen molar-refractivity contribution in [1.82, 2.24) is 0 Å². The zero-order valence-electron chi connectivity index (χ0n) is 16.4. The van der Waals surface area contributed by atoms with Crippen LogP contribution in [0.2, 0.25) is 0 Å². The first-order chi connectivity index (χ1) is 12.1. The van der Waals surface area contributed by atoms with E-state index in [1.54, 1.807) is 21.0 Å². The molecule has 3 saturated heterocycles. The van der Waals surface area contributed by atoms with Crippen molar-refractivity contribution in [1.29, 1.82) is 0 Å². The zero-order chi connectivity index (χ0) is 19.3. The Hall–Kier alpha value is -1.40. The standard InChI is InChI=1S/C20H30O6/c1-11(2)17(21)25-15-10-19(5)7-8-20(23-6,26-19)12(3)9-14-16(15)13(4)18(22)24-14/h11-12,14-16H,4,7-10H2,1-3,5-6H3/t12-,14+,15+,16-,19?,20-/m0/s1. The van der Waals surface area contributed by atoms with Crippen LogP contribution in [0.1, 0.15) is 53.4 Å². The molecule has 3 aliphatic heterocycles. The molecule has 0 radical (unpaired) electrons. The predicted octanol–water partition coefficient (Wildman–Crippen LogP) is 2.99. The molecule has 0 aliphatic carbocycles. The van der Waals surface area contributed by atoms with Gasteiger partial charge in [-0.2, -0.15) is 0 Å². The third-order valence-corrected chi connectivity index (χ3v) is 6.20. The fourth-order valence-electron chi connectivity index (χ4n) is 4.58. The first-order valence-corrected chi connectivity index (χ1v) is 9.46. The maximum absolute atomic E-state index is 12.3. The number of esters is 2. The van der Waals surface area contributed by atoms with Gasteiger partial charge in [0.05, 0.1) is 17.4 Å². The van der Waals surface area contributed by atoms with Crippen molar-refractivity contribution in [2.24, 2.45) is 17.8 Å². The van der Waals surface area contributed by atoms with E-state index in [2.05, 4.69) is 13.5 Å². The molecular formula is C20H30O6.